The lowest BCUT2D eigenvalue weighted by atomic mass is 9.91. The van der Waals surface area contributed by atoms with Gasteiger partial charge in [-0.15, -0.1) is 0 Å². The number of rotatable bonds is 28. The van der Waals surface area contributed by atoms with Crippen molar-refractivity contribution in [2.45, 2.75) is 155 Å². The molecule has 3 heteroatoms. The van der Waals surface area contributed by atoms with Crippen LogP contribution in [0.2, 0.25) is 0 Å². The maximum Gasteiger partial charge on any atom is 0.303 e. The van der Waals surface area contributed by atoms with Crippen LogP contribution in [0.3, 0.4) is 0 Å². The minimum Gasteiger partial charge on any atom is -0.481 e. The molecule has 0 aliphatic carbocycles. The van der Waals surface area contributed by atoms with E-state index in [0.29, 0.717) is 6.42 Å². The highest BCUT2D eigenvalue weighted by molar-refractivity contribution is 5.66. The Morgan fingerprint density at radius 2 is 1.11 bits per heavy atom. The number of unbranched alkanes of at least 4 members (excludes halogenated alkanes) is 15. The van der Waals surface area contributed by atoms with Crippen LogP contribution in [0.15, 0.2) is 24.3 Å². The third-order valence-electron chi connectivity index (χ3n) is 7.30. The fourth-order valence-corrected chi connectivity index (χ4v) is 4.89. The van der Waals surface area contributed by atoms with Crippen LogP contribution in [0.1, 0.15) is 155 Å². The van der Waals surface area contributed by atoms with E-state index >= 15 is 0 Å². The van der Waals surface area contributed by atoms with Crippen molar-refractivity contribution in [3.63, 3.8) is 0 Å². The standard InChI is InChI=1S/C33H63NO2/c1-4-5-6-7-8-9-10-11-12-13-14-15-16-17-18-21-24-27-32(30-31-34(2)3)28-25-22-19-20-23-26-29-33(35)36/h8-9,11-12,32H,4-7,10,13-31H2,1-3H3,(H,35,36)/b9-8-,12-11-. The summed E-state index contributed by atoms with van der Waals surface area (Å²) in [5, 5.41) is 8.71. The summed E-state index contributed by atoms with van der Waals surface area (Å²) in [4.78, 5) is 12.9. The highest BCUT2D eigenvalue weighted by atomic mass is 16.4. The Bertz CT molecular complexity index is 512. The first-order chi connectivity index (χ1) is 17.6. The van der Waals surface area contributed by atoms with Gasteiger partial charge in [-0.1, -0.05) is 128 Å². The topological polar surface area (TPSA) is 40.5 Å². The van der Waals surface area contributed by atoms with E-state index in [1.54, 1.807) is 0 Å². The van der Waals surface area contributed by atoms with Gasteiger partial charge in [0.2, 0.25) is 0 Å². The lowest BCUT2D eigenvalue weighted by Crippen LogP contribution is -2.17. The molecule has 0 radical (unpaired) electrons. The predicted molar refractivity (Wildman–Crippen MR) is 160 cm³/mol. The van der Waals surface area contributed by atoms with Gasteiger partial charge in [-0.25, -0.2) is 0 Å². The monoisotopic (exact) mass is 505 g/mol. The van der Waals surface area contributed by atoms with Crippen molar-refractivity contribution in [2.75, 3.05) is 20.6 Å². The van der Waals surface area contributed by atoms with Gasteiger partial charge in [0.25, 0.3) is 0 Å². The minimum absolute atomic E-state index is 0.335. The summed E-state index contributed by atoms with van der Waals surface area (Å²) in [6, 6.07) is 0. The number of hydrogen-bond donors (Lipinski definition) is 1. The molecule has 3 nitrogen and oxygen atoms in total. The van der Waals surface area contributed by atoms with E-state index in [-0.39, 0.29) is 0 Å². The lowest BCUT2D eigenvalue weighted by molar-refractivity contribution is -0.137. The van der Waals surface area contributed by atoms with Crippen LogP contribution >= 0.6 is 0 Å². The van der Waals surface area contributed by atoms with Crippen LogP contribution in [0.25, 0.3) is 0 Å². The highest BCUT2D eigenvalue weighted by Gasteiger charge is 2.09. The van der Waals surface area contributed by atoms with Crippen LogP contribution in [0.5, 0.6) is 0 Å². The van der Waals surface area contributed by atoms with Gasteiger partial charge in [0, 0.05) is 6.42 Å². The summed E-state index contributed by atoms with van der Waals surface area (Å²) in [7, 11) is 4.38. The molecule has 0 aromatic carbocycles. The lowest BCUT2D eigenvalue weighted by Gasteiger charge is -2.19. The molecule has 0 aromatic heterocycles. The second-order valence-corrected chi connectivity index (χ2v) is 11.2. The fraction of sp³-hybridized carbons (Fsp3) is 0.848. The van der Waals surface area contributed by atoms with Crippen LogP contribution in [-0.4, -0.2) is 36.6 Å². The van der Waals surface area contributed by atoms with Crippen molar-refractivity contribution in [1.82, 2.24) is 4.90 Å². The third-order valence-corrected chi connectivity index (χ3v) is 7.30. The van der Waals surface area contributed by atoms with Crippen LogP contribution in [-0.2, 0) is 4.79 Å². The Kier molecular flexibility index (Phi) is 27.6. The molecule has 0 saturated carbocycles. The average Bonchev–Trinajstić information content (AvgIpc) is 2.85. The highest BCUT2D eigenvalue weighted by Crippen LogP contribution is 2.22. The SMILES string of the molecule is CCCCC/C=C\C/C=C\CCCCCCCCCC(CCCCCCCCC(=O)O)CCN(C)C. The van der Waals surface area contributed by atoms with E-state index in [2.05, 4.69) is 50.2 Å². The first kappa shape index (κ1) is 34.9. The molecule has 1 atom stereocenters. The van der Waals surface area contributed by atoms with Crippen LogP contribution < -0.4 is 0 Å². The summed E-state index contributed by atoms with van der Waals surface area (Å²) >= 11 is 0. The smallest absolute Gasteiger partial charge is 0.303 e. The van der Waals surface area contributed by atoms with E-state index in [0.717, 1.165) is 25.2 Å². The number of aliphatic carboxylic acids is 1. The molecule has 0 aliphatic rings. The largest absolute Gasteiger partial charge is 0.481 e. The van der Waals surface area contributed by atoms with E-state index in [4.69, 9.17) is 5.11 Å². The van der Waals surface area contributed by atoms with Crippen molar-refractivity contribution >= 4 is 5.97 Å². The molecule has 0 rings (SSSR count). The van der Waals surface area contributed by atoms with Gasteiger partial charge in [0.15, 0.2) is 0 Å². The van der Waals surface area contributed by atoms with E-state index in [1.165, 1.54) is 129 Å². The number of carboxylic acid groups (broad SMARTS) is 1. The summed E-state index contributed by atoms with van der Waals surface area (Å²) in [5.74, 6) is 0.232. The molecule has 0 amide bonds. The van der Waals surface area contributed by atoms with Crippen molar-refractivity contribution in [1.29, 1.82) is 0 Å². The third kappa shape index (κ3) is 29.1. The molecular weight excluding hydrogens is 442 g/mol. The Labute approximate surface area is 226 Å². The normalized spacial score (nSPS) is 12.9. The second kappa shape index (κ2) is 28.5. The number of carboxylic acids is 1. The molecule has 0 spiro atoms. The fourth-order valence-electron chi connectivity index (χ4n) is 4.89. The van der Waals surface area contributed by atoms with E-state index < -0.39 is 5.97 Å². The average molecular weight is 506 g/mol. The number of nitrogens with zero attached hydrogens (tertiary/aromatic N) is 1. The molecule has 36 heavy (non-hydrogen) atoms. The van der Waals surface area contributed by atoms with Gasteiger partial charge in [0.05, 0.1) is 0 Å². The molecular formula is C33H63NO2. The molecule has 0 saturated heterocycles. The Morgan fingerprint density at radius 3 is 1.61 bits per heavy atom. The van der Waals surface area contributed by atoms with Gasteiger partial charge in [-0.05, 0) is 71.5 Å². The minimum atomic E-state index is -0.654. The van der Waals surface area contributed by atoms with Gasteiger partial charge in [0.1, 0.15) is 0 Å². The van der Waals surface area contributed by atoms with E-state index in [1.807, 2.05) is 0 Å². The molecule has 1 N–H and O–H groups in total. The zero-order valence-electron chi connectivity index (χ0n) is 24.7. The molecule has 0 aliphatic heterocycles. The Balaban J connectivity index is 3.65. The van der Waals surface area contributed by atoms with Crippen molar-refractivity contribution in [3.8, 4) is 0 Å². The molecule has 212 valence electrons. The van der Waals surface area contributed by atoms with Gasteiger partial charge >= 0.3 is 5.97 Å². The molecule has 0 fully saturated rings. The predicted octanol–water partition coefficient (Wildman–Crippen LogP) is 10.4. The van der Waals surface area contributed by atoms with Gasteiger partial charge in [-0.3, -0.25) is 4.79 Å². The van der Waals surface area contributed by atoms with Crippen LogP contribution in [0.4, 0.5) is 0 Å². The summed E-state index contributed by atoms with van der Waals surface area (Å²) in [6.07, 6.45) is 38.3. The zero-order chi connectivity index (χ0) is 26.5. The number of carbonyl (C=O) groups is 1. The summed E-state index contributed by atoms with van der Waals surface area (Å²) in [6.45, 7) is 3.47. The first-order valence-corrected chi connectivity index (χ1v) is 15.7. The Morgan fingerprint density at radius 1 is 0.639 bits per heavy atom. The molecule has 1 unspecified atom stereocenters. The maximum absolute atomic E-state index is 10.6. The molecule has 0 heterocycles. The number of hydrogen-bond acceptors (Lipinski definition) is 2. The van der Waals surface area contributed by atoms with Crippen molar-refractivity contribution in [3.05, 3.63) is 24.3 Å². The van der Waals surface area contributed by atoms with Gasteiger partial charge < -0.3 is 10.0 Å². The van der Waals surface area contributed by atoms with Crippen LogP contribution in [0, 0.1) is 5.92 Å². The zero-order valence-corrected chi connectivity index (χ0v) is 24.7. The maximum atomic E-state index is 10.6. The number of allylic oxidation sites excluding steroid dienone is 4. The first-order valence-electron chi connectivity index (χ1n) is 15.7. The molecule has 0 aromatic rings. The van der Waals surface area contributed by atoms with Crippen molar-refractivity contribution in [2.24, 2.45) is 5.92 Å². The second-order valence-electron chi connectivity index (χ2n) is 11.2. The van der Waals surface area contributed by atoms with Crippen molar-refractivity contribution < 1.29 is 9.90 Å². The van der Waals surface area contributed by atoms with Gasteiger partial charge in [-0.2, -0.15) is 0 Å². The molecule has 0 bridgehead atoms. The quantitative estimate of drug-likeness (QED) is 0.0849. The van der Waals surface area contributed by atoms with E-state index in [9.17, 15) is 4.79 Å². The summed E-state index contributed by atoms with van der Waals surface area (Å²) in [5.41, 5.74) is 0. The summed E-state index contributed by atoms with van der Waals surface area (Å²) < 4.78 is 0. The Hall–Kier alpha value is -1.09.